The van der Waals surface area contributed by atoms with Crippen LogP contribution in [0.1, 0.15) is 36.9 Å². The van der Waals surface area contributed by atoms with Crippen molar-refractivity contribution in [2.24, 2.45) is 0 Å². The van der Waals surface area contributed by atoms with Crippen LogP contribution in [0.15, 0.2) is 54.6 Å². The molecule has 2 rings (SSSR count). The predicted octanol–water partition coefficient (Wildman–Crippen LogP) is 4.32. The third-order valence-electron chi connectivity index (χ3n) is 3.42. The molecule has 3 heteroatoms. The van der Waals surface area contributed by atoms with E-state index in [0.29, 0.717) is 5.02 Å². The minimum Gasteiger partial charge on any atom is -0.349 e. The van der Waals surface area contributed by atoms with Crippen LogP contribution >= 0.6 is 11.6 Å². The highest BCUT2D eigenvalue weighted by Crippen LogP contribution is 2.20. The minimum atomic E-state index is -0.196. The van der Waals surface area contributed by atoms with Crippen molar-refractivity contribution >= 4 is 17.5 Å². The monoisotopic (exact) mass is 287 g/mol. The molecule has 0 unspecified atom stereocenters. The molecule has 0 bridgehead atoms. The molecule has 1 amide bonds. The Labute approximate surface area is 124 Å². The molecular weight excluding hydrogens is 270 g/mol. The Hall–Kier alpha value is -1.80. The summed E-state index contributed by atoms with van der Waals surface area (Å²) in [5, 5.41) is 3.72. The second-order valence-corrected chi connectivity index (χ2v) is 5.35. The topological polar surface area (TPSA) is 29.1 Å². The maximum absolute atomic E-state index is 12.3. The SMILES string of the molecule is C[C@@H](NC(=O)[C@H](C)c1ccc(Cl)cc1)c1ccccc1. The van der Waals surface area contributed by atoms with Gasteiger partial charge in [0.15, 0.2) is 0 Å². The smallest absolute Gasteiger partial charge is 0.227 e. The van der Waals surface area contributed by atoms with Crippen LogP contribution in [0.25, 0.3) is 0 Å². The Balaban J connectivity index is 2.02. The van der Waals surface area contributed by atoms with Crippen molar-refractivity contribution in [2.45, 2.75) is 25.8 Å². The largest absolute Gasteiger partial charge is 0.349 e. The van der Waals surface area contributed by atoms with Crippen molar-refractivity contribution in [3.05, 3.63) is 70.7 Å². The predicted molar refractivity (Wildman–Crippen MR) is 82.9 cm³/mol. The molecule has 0 aliphatic heterocycles. The fourth-order valence-electron chi connectivity index (χ4n) is 2.07. The van der Waals surface area contributed by atoms with Gasteiger partial charge in [-0.05, 0) is 37.1 Å². The van der Waals surface area contributed by atoms with Gasteiger partial charge in [-0.1, -0.05) is 54.1 Å². The number of amides is 1. The molecule has 0 aliphatic carbocycles. The zero-order valence-electron chi connectivity index (χ0n) is 11.6. The van der Waals surface area contributed by atoms with E-state index in [9.17, 15) is 4.79 Å². The number of carbonyl (C=O) groups excluding carboxylic acids is 1. The normalized spacial score (nSPS) is 13.6. The molecule has 0 radical (unpaired) electrons. The summed E-state index contributed by atoms with van der Waals surface area (Å²) < 4.78 is 0. The third kappa shape index (κ3) is 3.61. The van der Waals surface area contributed by atoms with Crippen LogP contribution in [0.3, 0.4) is 0 Å². The minimum absolute atomic E-state index is 0.00143. The average molecular weight is 288 g/mol. The Morgan fingerprint density at radius 1 is 0.950 bits per heavy atom. The lowest BCUT2D eigenvalue weighted by Gasteiger charge is -2.18. The van der Waals surface area contributed by atoms with Crippen LogP contribution < -0.4 is 5.32 Å². The van der Waals surface area contributed by atoms with E-state index < -0.39 is 0 Å². The molecule has 0 saturated heterocycles. The molecule has 2 aromatic rings. The summed E-state index contributed by atoms with van der Waals surface area (Å²) in [4.78, 5) is 12.3. The highest BCUT2D eigenvalue weighted by Gasteiger charge is 2.17. The van der Waals surface area contributed by atoms with Crippen molar-refractivity contribution in [1.29, 1.82) is 0 Å². The summed E-state index contributed by atoms with van der Waals surface area (Å²) >= 11 is 5.86. The summed E-state index contributed by atoms with van der Waals surface area (Å²) in [6, 6.07) is 17.3. The molecule has 2 aromatic carbocycles. The summed E-state index contributed by atoms with van der Waals surface area (Å²) in [6.07, 6.45) is 0. The first-order valence-corrected chi connectivity index (χ1v) is 7.06. The molecule has 0 spiro atoms. The van der Waals surface area contributed by atoms with Gasteiger partial charge in [0.25, 0.3) is 0 Å². The van der Waals surface area contributed by atoms with Crippen LogP contribution in [0.4, 0.5) is 0 Å². The maximum Gasteiger partial charge on any atom is 0.227 e. The molecule has 0 fully saturated rings. The molecule has 2 nitrogen and oxygen atoms in total. The summed E-state index contributed by atoms with van der Waals surface area (Å²) in [5.41, 5.74) is 2.07. The Morgan fingerprint density at radius 3 is 2.15 bits per heavy atom. The van der Waals surface area contributed by atoms with Gasteiger partial charge in [0.05, 0.1) is 12.0 Å². The number of nitrogens with one attached hydrogen (secondary N) is 1. The Morgan fingerprint density at radius 2 is 1.55 bits per heavy atom. The van der Waals surface area contributed by atoms with E-state index >= 15 is 0 Å². The molecule has 1 N–H and O–H groups in total. The van der Waals surface area contributed by atoms with E-state index in [2.05, 4.69) is 5.32 Å². The highest BCUT2D eigenvalue weighted by molar-refractivity contribution is 6.30. The second-order valence-electron chi connectivity index (χ2n) is 4.91. The van der Waals surface area contributed by atoms with Gasteiger partial charge in [-0.3, -0.25) is 4.79 Å². The zero-order chi connectivity index (χ0) is 14.5. The lowest BCUT2D eigenvalue weighted by molar-refractivity contribution is -0.122. The van der Waals surface area contributed by atoms with Gasteiger partial charge >= 0.3 is 0 Å². The van der Waals surface area contributed by atoms with Crippen LogP contribution in [0.5, 0.6) is 0 Å². The van der Waals surface area contributed by atoms with Crippen molar-refractivity contribution in [1.82, 2.24) is 5.32 Å². The van der Waals surface area contributed by atoms with Gasteiger partial charge in [0.1, 0.15) is 0 Å². The van der Waals surface area contributed by atoms with E-state index in [1.54, 1.807) is 12.1 Å². The van der Waals surface area contributed by atoms with Gasteiger partial charge in [0, 0.05) is 5.02 Å². The quantitative estimate of drug-likeness (QED) is 0.891. The first-order valence-electron chi connectivity index (χ1n) is 6.68. The maximum atomic E-state index is 12.3. The van der Waals surface area contributed by atoms with Crippen molar-refractivity contribution < 1.29 is 4.79 Å². The van der Waals surface area contributed by atoms with Crippen LogP contribution in [0.2, 0.25) is 5.02 Å². The lowest BCUT2D eigenvalue weighted by atomic mass is 9.99. The fourth-order valence-corrected chi connectivity index (χ4v) is 2.19. The summed E-state index contributed by atoms with van der Waals surface area (Å²) in [5.74, 6) is -0.179. The molecule has 2 atom stereocenters. The molecule has 0 aromatic heterocycles. The fraction of sp³-hybridized carbons (Fsp3) is 0.235. The summed E-state index contributed by atoms with van der Waals surface area (Å²) in [6.45, 7) is 3.89. The lowest BCUT2D eigenvalue weighted by Crippen LogP contribution is -2.30. The van der Waals surface area contributed by atoms with Gasteiger partial charge in [0.2, 0.25) is 5.91 Å². The van der Waals surface area contributed by atoms with Gasteiger partial charge < -0.3 is 5.32 Å². The van der Waals surface area contributed by atoms with Gasteiger partial charge in [-0.25, -0.2) is 0 Å². The van der Waals surface area contributed by atoms with Crippen LogP contribution in [-0.2, 0) is 4.79 Å². The molecule has 0 aliphatic rings. The first kappa shape index (κ1) is 14.6. The van der Waals surface area contributed by atoms with Gasteiger partial charge in [-0.15, -0.1) is 0 Å². The number of benzene rings is 2. The number of hydrogen-bond donors (Lipinski definition) is 1. The molecular formula is C17H18ClNO. The number of carbonyl (C=O) groups is 1. The van der Waals surface area contributed by atoms with Crippen molar-refractivity contribution in [3.8, 4) is 0 Å². The third-order valence-corrected chi connectivity index (χ3v) is 3.67. The van der Waals surface area contributed by atoms with Gasteiger partial charge in [-0.2, -0.15) is 0 Å². The van der Waals surface area contributed by atoms with E-state index in [1.807, 2.05) is 56.3 Å². The number of halogens is 1. The second kappa shape index (κ2) is 6.58. The average Bonchev–Trinajstić information content (AvgIpc) is 2.48. The Kier molecular flexibility index (Phi) is 4.80. The van der Waals surface area contributed by atoms with Crippen molar-refractivity contribution in [2.75, 3.05) is 0 Å². The molecule has 20 heavy (non-hydrogen) atoms. The van der Waals surface area contributed by atoms with Crippen LogP contribution in [0, 0.1) is 0 Å². The van der Waals surface area contributed by atoms with E-state index in [0.717, 1.165) is 11.1 Å². The zero-order valence-corrected chi connectivity index (χ0v) is 12.4. The van der Waals surface area contributed by atoms with Crippen molar-refractivity contribution in [3.63, 3.8) is 0 Å². The summed E-state index contributed by atoms with van der Waals surface area (Å²) in [7, 11) is 0. The number of hydrogen-bond acceptors (Lipinski definition) is 1. The molecule has 104 valence electrons. The standard InChI is InChI=1S/C17H18ClNO/c1-12(14-8-10-16(18)11-9-14)17(20)19-13(2)15-6-4-3-5-7-15/h3-13H,1-2H3,(H,19,20)/t12-,13-/m1/s1. The van der Waals surface area contributed by atoms with E-state index in [4.69, 9.17) is 11.6 Å². The Bertz CT molecular complexity index is 565. The number of rotatable bonds is 4. The van der Waals surface area contributed by atoms with Crippen LogP contribution in [-0.4, -0.2) is 5.91 Å². The molecule has 0 heterocycles. The van der Waals surface area contributed by atoms with E-state index in [1.165, 1.54) is 0 Å². The highest BCUT2D eigenvalue weighted by atomic mass is 35.5. The first-order chi connectivity index (χ1) is 9.58. The van der Waals surface area contributed by atoms with E-state index in [-0.39, 0.29) is 17.9 Å². The molecule has 0 saturated carbocycles.